The highest BCUT2D eigenvalue weighted by molar-refractivity contribution is 5.35. The quantitative estimate of drug-likeness (QED) is 0.801. The summed E-state index contributed by atoms with van der Waals surface area (Å²) < 4.78 is 5.40. The highest BCUT2D eigenvalue weighted by Crippen LogP contribution is 2.27. The third kappa shape index (κ3) is 3.75. The summed E-state index contributed by atoms with van der Waals surface area (Å²) in [5.41, 5.74) is 1.17. The Hall–Kier alpha value is -1.53. The van der Waals surface area contributed by atoms with Crippen molar-refractivity contribution in [3.8, 4) is 11.8 Å². The predicted molar refractivity (Wildman–Crippen MR) is 73.5 cm³/mol. The third-order valence-electron chi connectivity index (χ3n) is 3.19. The maximum absolute atomic E-state index is 8.81. The van der Waals surface area contributed by atoms with E-state index in [0.29, 0.717) is 6.42 Å². The molecule has 0 aliphatic rings. The van der Waals surface area contributed by atoms with Crippen LogP contribution in [0.3, 0.4) is 0 Å². The van der Waals surface area contributed by atoms with Crippen LogP contribution in [-0.2, 0) is 0 Å². The second kappa shape index (κ2) is 7.73. The van der Waals surface area contributed by atoms with Gasteiger partial charge in [0.2, 0.25) is 0 Å². The predicted octanol–water partition coefficient (Wildman–Crippen LogP) is 3.43. The Morgan fingerprint density at radius 2 is 2.00 bits per heavy atom. The highest BCUT2D eigenvalue weighted by Gasteiger charge is 2.17. The molecule has 0 amide bonds. The van der Waals surface area contributed by atoms with Gasteiger partial charge in [0.05, 0.1) is 19.6 Å². The fourth-order valence-corrected chi connectivity index (χ4v) is 2.10. The molecule has 0 saturated carbocycles. The average molecular weight is 246 g/mol. The van der Waals surface area contributed by atoms with Gasteiger partial charge in [-0.2, -0.15) is 5.26 Å². The maximum atomic E-state index is 8.81. The molecule has 0 saturated heterocycles. The van der Waals surface area contributed by atoms with Crippen molar-refractivity contribution in [1.82, 2.24) is 5.32 Å². The van der Waals surface area contributed by atoms with Crippen molar-refractivity contribution in [3.63, 3.8) is 0 Å². The molecule has 1 N–H and O–H groups in total. The van der Waals surface area contributed by atoms with Gasteiger partial charge in [-0.3, -0.25) is 0 Å². The van der Waals surface area contributed by atoms with Crippen molar-refractivity contribution in [3.05, 3.63) is 29.8 Å². The van der Waals surface area contributed by atoms with Crippen LogP contribution in [0.25, 0.3) is 0 Å². The third-order valence-corrected chi connectivity index (χ3v) is 3.19. The monoisotopic (exact) mass is 246 g/mol. The zero-order valence-electron chi connectivity index (χ0n) is 11.4. The van der Waals surface area contributed by atoms with E-state index in [1.165, 1.54) is 5.56 Å². The largest absolute Gasteiger partial charge is 0.496 e. The molecule has 0 bridgehead atoms. The number of hydrogen-bond donors (Lipinski definition) is 1. The summed E-state index contributed by atoms with van der Waals surface area (Å²) in [5, 5.41) is 12.4. The van der Waals surface area contributed by atoms with Crippen LogP contribution in [0.2, 0.25) is 0 Å². The summed E-state index contributed by atoms with van der Waals surface area (Å²) >= 11 is 0. The highest BCUT2D eigenvalue weighted by atomic mass is 16.5. The molecule has 2 atom stereocenters. The van der Waals surface area contributed by atoms with Crippen LogP contribution in [0.1, 0.15) is 44.7 Å². The molecule has 98 valence electrons. The number of nitrogens with one attached hydrogen (secondary N) is 1. The van der Waals surface area contributed by atoms with E-state index in [4.69, 9.17) is 10.00 Å². The van der Waals surface area contributed by atoms with Gasteiger partial charge in [-0.05, 0) is 18.9 Å². The molecule has 1 aromatic carbocycles. The van der Waals surface area contributed by atoms with E-state index in [9.17, 15) is 0 Å². The Kier molecular flexibility index (Phi) is 6.24. The first kappa shape index (κ1) is 14.5. The van der Waals surface area contributed by atoms with Crippen molar-refractivity contribution < 1.29 is 4.74 Å². The van der Waals surface area contributed by atoms with E-state index >= 15 is 0 Å². The molecule has 3 heteroatoms. The van der Waals surface area contributed by atoms with Crippen LogP contribution in [-0.4, -0.2) is 13.2 Å². The number of ether oxygens (including phenoxy) is 1. The topological polar surface area (TPSA) is 45.0 Å². The van der Waals surface area contributed by atoms with Gasteiger partial charge >= 0.3 is 0 Å². The van der Waals surface area contributed by atoms with Crippen LogP contribution in [0.5, 0.6) is 5.75 Å². The smallest absolute Gasteiger partial charge is 0.123 e. The van der Waals surface area contributed by atoms with E-state index in [0.717, 1.165) is 18.6 Å². The lowest BCUT2D eigenvalue weighted by Crippen LogP contribution is -2.32. The second-order valence-electron chi connectivity index (χ2n) is 4.34. The molecule has 3 nitrogen and oxygen atoms in total. The van der Waals surface area contributed by atoms with Crippen LogP contribution < -0.4 is 10.1 Å². The number of benzene rings is 1. The molecule has 1 rings (SSSR count). The molecule has 0 aromatic heterocycles. The molecular formula is C15H22N2O. The lowest BCUT2D eigenvalue weighted by molar-refractivity contribution is 0.379. The first-order valence-electron chi connectivity index (χ1n) is 6.52. The fourth-order valence-electron chi connectivity index (χ4n) is 2.10. The molecule has 0 spiro atoms. The average Bonchev–Trinajstić information content (AvgIpc) is 2.43. The number of para-hydroxylation sites is 1. The second-order valence-corrected chi connectivity index (χ2v) is 4.34. The Labute approximate surface area is 110 Å². The van der Waals surface area contributed by atoms with Gasteiger partial charge in [0.1, 0.15) is 5.75 Å². The summed E-state index contributed by atoms with van der Waals surface area (Å²) in [7, 11) is 1.69. The van der Waals surface area contributed by atoms with Gasteiger partial charge < -0.3 is 10.1 Å². The molecule has 0 radical (unpaired) electrons. The molecule has 0 aliphatic heterocycles. The van der Waals surface area contributed by atoms with Crippen LogP contribution >= 0.6 is 0 Å². The van der Waals surface area contributed by atoms with Crippen molar-refractivity contribution >= 4 is 0 Å². The molecule has 0 fully saturated rings. The summed E-state index contributed by atoms with van der Waals surface area (Å²) in [6.45, 7) is 4.24. The molecule has 18 heavy (non-hydrogen) atoms. The summed E-state index contributed by atoms with van der Waals surface area (Å²) in [5.74, 6) is 0.906. The normalized spacial score (nSPS) is 13.7. The van der Waals surface area contributed by atoms with Crippen molar-refractivity contribution in [2.24, 2.45) is 0 Å². The summed E-state index contributed by atoms with van der Waals surface area (Å²) in [6.07, 6.45) is 2.48. The number of rotatable bonds is 7. The number of methoxy groups -OCH3 is 1. The van der Waals surface area contributed by atoms with Gasteiger partial charge in [0.15, 0.2) is 0 Å². The zero-order chi connectivity index (χ0) is 13.4. The molecule has 2 unspecified atom stereocenters. The minimum atomic E-state index is 0.236. The standard InChI is InChI=1S/C15H22N2O/c1-4-12(10-11-16)17-14(5-2)13-8-6-7-9-15(13)18-3/h6-9,12,14,17H,4-5,10H2,1-3H3. The maximum Gasteiger partial charge on any atom is 0.123 e. The Balaban J connectivity index is 2.85. The lowest BCUT2D eigenvalue weighted by atomic mass is 10.0. The molecule has 0 heterocycles. The van der Waals surface area contributed by atoms with E-state index in [-0.39, 0.29) is 12.1 Å². The van der Waals surface area contributed by atoms with Crippen molar-refractivity contribution in [1.29, 1.82) is 5.26 Å². The van der Waals surface area contributed by atoms with Gasteiger partial charge in [0.25, 0.3) is 0 Å². The van der Waals surface area contributed by atoms with Crippen LogP contribution in [0.4, 0.5) is 0 Å². The van der Waals surface area contributed by atoms with Crippen molar-refractivity contribution in [2.75, 3.05) is 7.11 Å². The van der Waals surface area contributed by atoms with Gasteiger partial charge in [0, 0.05) is 17.6 Å². The van der Waals surface area contributed by atoms with E-state index in [1.54, 1.807) is 7.11 Å². The zero-order valence-corrected chi connectivity index (χ0v) is 11.4. The molecule has 0 aliphatic carbocycles. The lowest BCUT2D eigenvalue weighted by Gasteiger charge is -2.24. The Morgan fingerprint density at radius 3 is 2.56 bits per heavy atom. The van der Waals surface area contributed by atoms with Crippen LogP contribution in [0.15, 0.2) is 24.3 Å². The van der Waals surface area contributed by atoms with Gasteiger partial charge in [-0.1, -0.05) is 32.0 Å². The van der Waals surface area contributed by atoms with Crippen LogP contribution in [0, 0.1) is 11.3 Å². The summed E-state index contributed by atoms with van der Waals surface area (Å²) in [4.78, 5) is 0. The number of hydrogen-bond acceptors (Lipinski definition) is 3. The van der Waals surface area contributed by atoms with E-state index in [2.05, 4.69) is 31.3 Å². The van der Waals surface area contributed by atoms with E-state index in [1.807, 2.05) is 18.2 Å². The summed E-state index contributed by atoms with van der Waals surface area (Å²) in [6, 6.07) is 10.8. The molecular weight excluding hydrogens is 224 g/mol. The Bertz CT molecular complexity index is 398. The van der Waals surface area contributed by atoms with Crippen molar-refractivity contribution in [2.45, 2.75) is 45.2 Å². The van der Waals surface area contributed by atoms with E-state index < -0.39 is 0 Å². The Morgan fingerprint density at radius 1 is 1.28 bits per heavy atom. The molecule has 1 aromatic rings. The number of nitriles is 1. The first-order chi connectivity index (χ1) is 8.76. The minimum Gasteiger partial charge on any atom is -0.496 e. The SMILES string of the molecule is CCC(CC#N)NC(CC)c1ccccc1OC. The number of nitrogens with zero attached hydrogens (tertiary/aromatic N) is 1. The van der Waals surface area contributed by atoms with Gasteiger partial charge in [-0.15, -0.1) is 0 Å². The fraction of sp³-hybridized carbons (Fsp3) is 0.533. The first-order valence-corrected chi connectivity index (χ1v) is 6.52. The van der Waals surface area contributed by atoms with Gasteiger partial charge in [-0.25, -0.2) is 0 Å². The minimum absolute atomic E-state index is 0.236.